The zero-order valence-corrected chi connectivity index (χ0v) is 12.4. The number of nitrogen functional groups attached to an aromatic ring is 1. The summed E-state index contributed by atoms with van der Waals surface area (Å²) in [6.07, 6.45) is 1.59. The Morgan fingerprint density at radius 3 is 2.83 bits per heavy atom. The molecule has 94 valence electrons. The highest BCUT2D eigenvalue weighted by Gasteiger charge is 2.15. The molecule has 0 aliphatic rings. The molecule has 0 fully saturated rings. The summed E-state index contributed by atoms with van der Waals surface area (Å²) in [5, 5.41) is 7.37. The number of rotatable bonds is 2. The van der Waals surface area contributed by atoms with Crippen molar-refractivity contribution in [3.63, 3.8) is 0 Å². The summed E-state index contributed by atoms with van der Waals surface area (Å²) in [6, 6.07) is 5.21. The van der Waals surface area contributed by atoms with Crippen LogP contribution in [0, 0.1) is 3.57 Å². The Labute approximate surface area is 122 Å². The first-order valence-corrected chi connectivity index (χ1v) is 6.48. The second-order valence-corrected chi connectivity index (χ2v) is 5.28. The molecule has 3 N–H and O–H groups in total. The maximum atomic E-state index is 12.0. The fourth-order valence-corrected chi connectivity index (χ4v) is 2.46. The molecule has 0 aliphatic carbocycles. The molecule has 0 unspecified atom stereocenters. The van der Waals surface area contributed by atoms with Crippen LogP contribution in [-0.4, -0.2) is 15.7 Å². The molecule has 0 radical (unpaired) electrons. The molecule has 7 heteroatoms. The quantitative estimate of drug-likeness (QED) is 0.791. The van der Waals surface area contributed by atoms with Gasteiger partial charge < -0.3 is 11.1 Å². The van der Waals surface area contributed by atoms with Crippen LogP contribution in [-0.2, 0) is 7.05 Å². The lowest BCUT2D eigenvalue weighted by molar-refractivity contribution is 0.102. The largest absolute Gasteiger partial charge is 0.396 e. The number of nitrogens with one attached hydrogen (secondary N) is 1. The van der Waals surface area contributed by atoms with Crippen LogP contribution in [0.5, 0.6) is 0 Å². The summed E-state index contributed by atoms with van der Waals surface area (Å²) < 4.78 is 2.35. The van der Waals surface area contributed by atoms with Gasteiger partial charge in [0.25, 0.3) is 5.91 Å². The standard InChI is InChI=1S/C11H10ClIN4O/c1-17-5-8(14)10(16-17)11(18)15-9-3-2-6(12)4-7(9)13/h2-5H,14H2,1H3,(H,15,18). The average Bonchev–Trinajstić information content (AvgIpc) is 2.62. The first-order chi connectivity index (χ1) is 8.47. The van der Waals surface area contributed by atoms with Gasteiger partial charge in [-0.15, -0.1) is 0 Å². The predicted molar refractivity (Wildman–Crippen MR) is 79.7 cm³/mol. The van der Waals surface area contributed by atoms with E-state index in [-0.39, 0.29) is 11.6 Å². The van der Waals surface area contributed by atoms with Gasteiger partial charge in [-0.05, 0) is 40.8 Å². The highest BCUT2D eigenvalue weighted by atomic mass is 127. The van der Waals surface area contributed by atoms with Crippen molar-refractivity contribution >= 4 is 51.5 Å². The summed E-state index contributed by atoms with van der Waals surface area (Å²) in [7, 11) is 1.71. The molecular formula is C11H10ClIN4O. The van der Waals surface area contributed by atoms with Gasteiger partial charge in [0.2, 0.25) is 0 Å². The number of aromatic nitrogens is 2. The third-order valence-corrected chi connectivity index (χ3v) is 3.38. The third-order valence-electron chi connectivity index (χ3n) is 2.25. The zero-order chi connectivity index (χ0) is 13.3. The van der Waals surface area contributed by atoms with Gasteiger partial charge in [0.1, 0.15) is 0 Å². The van der Waals surface area contributed by atoms with Gasteiger partial charge in [-0.25, -0.2) is 0 Å². The van der Waals surface area contributed by atoms with E-state index in [0.29, 0.717) is 16.4 Å². The minimum absolute atomic E-state index is 0.211. The summed E-state index contributed by atoms with van der Waals surface area (Å²) in [4.78, 5) is 12.0. The number of carbonyl (C=O) groups excluding carboxylic acids is 1. The number of hydrogen-bond donors (Lipinski definition) is 2. The first-order valence-electron chi connectivity index (χ1n) is 5.03. The predicted octanol–water partition coefficient (Wildman–Crippen LogP) is 2.51. The number of hydrogen-bond acceptors (Lipinski definition) is 3. The van der Waals surface area contributed by atoms with Crippen LogP contribution < -0.4 is 11.1 Å². The molecular weight excluding hydrogens is 367 g/mol. The first kappa shape index (κ1) is 13.2. The molecule has 1 aromatic carbocycles. The van der Waals surface area contributed by atoms with Gasteiger partial charge in [0.05, 0.1) is 11.4 Å². The molecule has 5 nitrogen and oxygen atoms in total. The minimum Gasteiger partial charge on any atom is -0.396 e. The fraction of sp³-hybridized carbons (Fsp3) is 0.0909. The molecule has 0 bridgehead atoms. The molecule has 2 aromatic rings. The van der Waals surface area contributed by atoms with Crippen molar-refractivity contribution in [3.05, 3.63) is 38.7 Å². The second-order valence-electron chi connectivity index (χ2n) is 3.69. The third kappa shape index (κ3) is 2.75. The number of nitrogens with two attached hydrogens (primary N) is 1. The van der Waals surface area contributed by atoms with Crippen molar-refractivity contribution < 1.29 is 4.79 Å². The Bertz CT molecular complexity index is 611. The highest BCUT2D eigenvalue weighted by Crippen LogP contribution is 2.23. The number of benzene rings is 1. The fourth-order valence-electron chi connectivity index (χ4n) is 1.46. The average molecular weight is 377 g/mol. The van der Waals surface area contributed by atoms with E-state index in [0.717, 1.165) is 3.57 Å². The van der Waals surface area contributed by atoms with Crippen LogP contribution in [0.25, 0.3) is 0 Å². The molecule has 2 rings (SSSR count). The Morgan fingerprint density at radius 1 is 1.56 bits per heavy atom. The van der Waals surface area contributed by atoms with Gasteiger partial charge in [-0.3, -0.25) is 9.48 Å². The summed E-state index contributed by atoms with van der Waals surface area (Å²) in [5.74, 6) is -0.340. The van der Waals surface area contributed by atoms with Crippen LogP contribution in [0.1, 0.15) is 10.5 Å². The van der Waals surface area contributed by atoms with E-state index in [1.165, 1.54) is 4.68 Å². The Hall–Kier alpha value is -1.28. The number of nitrogens with zero attached hydrogens (tertiary/aromatic N) is 2. The lowest BCUT2D eigenvalue weighted by Gasteiger charge is -2.06. The van der Waals surface area contributed by atoms with E-state index in [1.54, 1.807) is 31.4 Å². The van der Waals surface area contributed by atoms with Gasteiger partial charge >= 0.3 is 0 Å². The maximum absolute atomic E-state index is 12.0. The van der Waals surface area contributed by atoms with E-state index in [1.807, 2.05) is 0 Å². The lowest BCUT2D eigenvalue weighted by atomic mass is 10.3. The van der Waals surface area contributed by atoms with Crippen molar-refractivity contribution in [1.82, 2.24) is 9.78 Å². The molecule has 1 aromatic heterocycles. The number of halogens is 2. The van der Waals surface area contributed by atoms with Crippen LogP contribution in [0.15, 0.2) is 24.4 Å². The highest BCUT2D eigenvalue weighted by molar-refractivity contribution is 14.1. The SMILES string of the molecule is Cn1cc(N)c(C(=O)Nc2ccc(Cl)cc2I)n1. The monoisotopic (exact) mass is 376 g/mol. The Balaban J connectivity index is 2.24. The lowest BCUT2D eigenvalue weighted by Crippen LogP contribution is -2.15. The summed E-state index contributed by atoms with van der Waals surface area (Å²) in [5.41, 5.74) is 6.92. The van der Waals surface area contributed by atoms with Crippen molar-refractivity contribution in [3.8, 4) is 0 Å². The summed E-state index contributed by atoms with van der Waals surface area (Å²) in [6.45, 7) is 0. The van der Waals surface area contributed by atoms with Crippen molar-refractivity contribution in [2.45, 2.75) is 0 Å². The van der Waals surface area contributed by atoms with Crippen molar-refractivity contribution in [2.75, 3.05) is 11.1 Å². The van der Waals surface area contributed by atoms with E-state index in [9.17, 15) is 4.79 Å². The number of carbonyl (C=O) groups is 1. The van der Waals surface area contributed by atoms with Crippen molar-refractivity contribution in [1.29, 1.82) is 0 Å². The van der Waals surface area contributed by atoms with Gasteiger partial charge in [0.15, 0.2) is 5.69 Å². The minimum atomic E-state index is -0.340. The van der Waals surface area contributed by atoms with Gasteiger partial charge in [0, 0.05) is 21.8 Å². The normalized spacial score (nSPS) is 10.4. The molecule has 1 amide bonds. The Kier molecular flexibility index (Phi) is 3.76. The molecule has 0 aliphatic heterocycles. The van der Waals surface area contributed by atoms with Gasteiger partial charge in [-0.1, -0.05) is 11.6 Å². The van der Waals surface area contributed by atoms with Crippen LogP contribution >= 0.6 is 34.2 Å². The zero-order valence-electron chi connectivity index (χ0n) is 9.45. The van der Waals surface area contributed by atoms with E-state index < -0.39 is 0 Å². The maximum Gasteiger partial charge on any atom is 0.278 e. The number of anilines is 2. The van der Waals surface area contributed by atoms with E-state index in [4.69, 9.17) is 17.3 Å². The van der Waals surface area contributed by atoms with Crippen molar-refractivity contribution in [2.24, 2.45) is 7.05 Å². The molecule has 18 heavy (non-hydrogen) atoms. The molecule has 0 atom stereocenters. The van der Waals surface area contributed by atoms with Crippen LogP contribution in [0.4, 0.5) is 11.4 Å². The molecule has 0 saturated heterocycles. The molecule has 0 spiro atoms. The summed E-state index contributed by atoms with van der Waals surface area (Å²) >= 11 is 7.94. The second kappa shape index (κ2) is 5.15. The topological polar surface area (TPSA) is 72.9 Å². The molecule has 1 heterocycles. The van der Waals surface area contributed by atoms with Crippen LogP contribution in [0.3, 0.4) is 0 Å². The molecule has 0 saturated carbocycles. The van der Waals surface area contributed by atoms with E-state index >= 15 is 0 Å². The Morgan fingerprint density at radius 2 is 2.28 bits per heavy atom. The van der Waals surface area contributed by atoms with Crippen LogP contribution in [0.2, 0.25) is 5.02 Å². The smallest absolute Gasteiger partial charge is 0.278 e. The number of aryl methyl sites for hydroxylation is 1. The van der Waals surface area contributed by atoms with Gasteiger partial charge in [-0.2, -0.15) is 5.10 Å². The van der Waals surface area contributed by atoms with E-state index in [2.05, 4.69) is 33.0 Å². The number of amides is 1.